The van der Waals surface area contributed by atoms with Crippen molar-refractivity contribution in [2.75, 3.05) is 24.7 Å². The zero-order valence-electron chi connectivity index (χ0n) is 24.0. The molecule has 1 aromatic heterocycles. The van der Waals surface area contributed by atoms with Gasteiger partial charge in [-0.1, -0.05) is 18.2 Å². The number of rotatable bonds is 9. The van der Waals surface area contributed by atoms with Crippen molar-refractivity contribution < 1.29 is 31.7 Å². The first kappa shape index (κ1) is 30.7. The van der Waals surface area contributed by atoms with Gasteiger partial charge in [-0.3, -0.25) is 9.10 Å². The maximum atomic E-state index is 13.6. The Labute approximate surface area is 241 Å². The van der Waals surface area contributed by atoms with E-state index in [1.165, 1.54) is 38.4 Å². The largest absolute Gasteiger partial charge is 0.455 e. The second-order valence-corrected chi connectivity index (χ2v) is 13.8. The number of nitrogens with one attached hydrogen (secondary N) is 1. The summed E-state index contributed by atoms with van der Waals surface area (Å²) in [5.41, 5.74) is 0.736. The second-order valence-electron chi connectivity index (χ2n) is 10.8. The van der Waals surface area contributed by atoms with Crippen molar-refractivity contribution in [2.45, 2.75) is 38.9 Å². The smallest absolute Gasteiger partial charge is 0.255 e. The molecule has 0 fully saturated rings. The molecule has 0 spiro atoms. The van der Waals surface area contributed by atoms with Gasteiger partial charge in [-0.15, -0.1) is 0 Å². The van der Waals surface area contributed by atoms with Gasteiger partial charge in [-0.2, -0.15) is 0 Å². The molecule has 0 saturated carbocycles. The first-order valence-corrected chi connectivity index (χ1v) is 15.6. The zero-order valence-corrected chi connectivity index (χ0v) is 25.8. The average molecular weight is 601 g/mol. The van der Waals surface area contributed by atoms with Crippen molar-refractivity contribution in [1.82, 2.24) is 5.32 Å². The van der Waals surface area contributed by atoms with E-state index in [1.54, 1.807) is 26.0 Å². The molecule has 0 aliphatic carbocycles. The Bertz CT molecular complexity index is 1710. The highest BCUT2D eigenvalue weighted by Crippen LogP contribution is 2.41. The molecule has 3 aromatic carbocycles. The van der Waals surface area contributed by atoms with E-state index in [0.29, 0.717) is 33.3 Å². The number of hydrogen-bond donors (Lipinski definition) is 2. The Morgan fingerprint density at radius 2 is 1.71 bits per heavy atom. The Kier molecular flexibility index (Phi) is 8.35. The quantitative estimate of drug-likeness (QED) is 0.248. The molecule has 41 heavy (non-hydrogen) atoms. The highest BCUT2D eigenvalue weighted by atomic mass is 32.2. The molecule has 0 aliphatic heterocycles. The maximum Gasteiger partial charge on any atom is 0.255 e. The summed E-state index contributed by atoms with van der Waals surface area (Å²) in [4.78, 5) is 13.1. The van der Waals surface area contributed by atoms with Crippen LogP contribution in [-0.4, -0.2) is 51.0 Å². The van der Waals surface area contributed by atoms with Gasteiger partial charge < -0.3 is 19.4 Å². The molecule has 0 bridgehead atoms. The number of nitrogens with zero attached hydrogens (tertiary/aromatic N) is 1. The second kappa shape index (κ2) is 11.2. The summed E-state index contributed by atoms with van der Waals surface area (Å²) in [6.45, 7) is 7.00. The van der Waals surface area contributed by atoms with E-state index in [1.807, 2.05) is 38.1 Å². The van der Waals surface area contributed by atoms with Gasteiger partial charge in [0, 0.05) is 50.8 Å². The lowest BCUT2D eigenvalue weighted by molar-refractivity contribution is -0.0833. The minimum atomic E-state index is -3.67. The van der Waals surface area contributed by atoms with Crippen LogP contribution in [0.5, 0.6) is 0 Å². The van der Waals surface area contributed by atoms with E-state index in [9.17, 15) is 22.7 Å². The van der Waals surface area contributed by atoms with E-state index in [-0.39, 0.29) is 20.1 Å². The summed E-state index contributed by atoms with van der Waals surface area (Å²) in [7, 11) is -0.817. The predicted octanol–water partition coefficient (Wildman–Crippen LogP) is 5.45. The number of furan rings is 1. The van der Waals surface area contributed by atoms with Crippen LogP contribution in [0.4, 0.5) is 10.1 Å². The number of halogens is 1. The summed E-state index contributed by atoms with van der Waals surface area (Å²) in [6, 6.07) is 16.4. The van der Waals surface area contributed by atoms with Crippen LogP contribution in [0.3, 0.4) is 0 Å². The van der Waals surface area contributed by atoms with Crippen LogP contribution in [0.1, 0.15) is 38.1 Å². The lowest BCUT2D eigenvalue weighted by atomic mass is 9.90. The molecule has 0 saturated heterocycles. The van der Waals surface area contributed by atoms with E-state index in [0.717, 1.165) is 15.9 Å². The maximum absolute atomic E-state index is 13.6. The number of aliphatic hydroxyl groups is 1. The number of anilines is 1. The summed E-state index contributed by atoms with van der Waals surface area (Å²) in [5, 5.41) is 14.4. The average Bonchev–Trinajstić information content (AvgIpc) is 3.28. The Morgan fingerprint density at radius 3 is 2.29 bits per heavy atom. The van der Waals surface area contributed by atoms with Crippen LogP contribution in [-0.2, 0) is 14.5 Å². The third-order valence-electron chi connectivity index (χ3n) is 7.27. The Balaban J connectivity index is 1.93. The lowest BCUT2D eigenvalue weighted by Crippen LogP contribution is -2.45. The van der Waals surface area contributed by atoms with Crippen LogP contribution >= 0.6 is 8.81 Å². The van der Waals surface area contributed by atoms with Crippen molar-refractivity contribution in [3.8, 4) is 22.5 Å². The van der Waals surface area contributed by atoms with Gasteiger partial charge in [0.2, 0.25) is 10.0 Å². The van der Waals surface area contributed by atoms with Crippen LogP contribution in [0.2, 0.25) is 0 Å². The third-order valence-corrected chi connectivity index (χ3v) is 9.63. The van der Waals surface area contributed by atoms with Crippen molar-refractivity contribution in [1.29, 1.82) is 0 Å². The highest BCUT2D eigenvalue weighted by molar-refractivity contribution is 7.92. The fourth-order valence-electron chi connectivity index (χ4n) is 4.02. The number of amides is 1. The summed E-state index contributed by atoms with van der Waals surface area (Å²) in [6.07, 6.45) is 1.10. The number of hydrogen-bond acceptors (Lipinski definition) is 6. The van der Waals surface area contributed by atoms with Gasteiger partial charge in [0.05, 0.1) is 28.7 Å². The molecule has 8 nitrogen and oxygen atoms in total. The van der Waals surface area contributed by atoms with Gasteiger partial charge in [0.15, 0.2) is 0 Å². The normalized spacial score (nSPS) is 12.8. The van der Waals surface area contributed by atoms with Crippen molar-refractivity contribution >= 4 is 46.7 Å². The number of fused-ring (bicyclic) bond motifs is 1. The summed E-state index contributed by atoms with van der Waals surface area (Å²) in [5.74, 6) is -0.598. The summed E-state index contributed by atoms with van der Waals surface area (Å²) >= 11 is 0. The van der Waals surface area contributed by atoms with Gasteiger partial charge in [-0.25, -0.2) is 12.8 Å². The first-order chi connectivity index (χ1) is 19.0. The monoisotopic (exact) mass is 600 g/mol. The van der Waals surface area contributed by atoms with E-state index in [2.05, 4.69) is 5.32 Å². The highest BCUT2D eigenvalue weighted by Gasteiger charge is 2.36. The molecule has 1 atom stereocenters. The number of carbonyl (C=O) groups is 1. The number of benzene rings is 3. The van der Waals surface area contributed by atoms with Gasteiger partial charge >= 0.3 is 0 Å². The van der Waals surface area contributed by atoms with Crippen molar-refractivity contribution in [3.63, 3.8) is 0 Å². The zero-order chi connectivity index (χ0) is 30.3. The van der Waals surface area contributed by atoms with Crippen LogP contribution < -0.4 is 14.9 Å². The van der Waals surface area contributed by atoms with Crippen molar-refractivity contribution in [3.05, 3.63) is 72.0 Å². The molecule has 1 amide bonds. The van der Waals surface area contributed by atoms with Gasteiger partial charge in [0.25, 0.3) is 5.91 Å². The molecule has 1 heterocycles. The molecule has 2 N–H and O–H groups in total. The Morgan fingerprint density at radius 1 is 1.05 bits per heavy atom. The van der Waals surface area contributed by atoms with Crippen LogP contribution in [0.15, 0.2) is 65.1 Å². The molecule has 11 heteroatoms. The van der Waals surface area contributed by atoms with Gasteiger partial charge in [-0.05, 0) is 69.7 Å². The van der Waals surface area contributed by atoms with E-state index >= 15 is 0 Å². The summed E-state index contributed by atoms with van der Waals surface area (Å²) < 4.78 is 52.3. The van der Waals surface area contributed by atoms with Crippen LogP contribution in [0, 0.1) is 5.82 Å². The van der Waals surface area contributed by atoms with Crippen molar-refractivity contribution in [2.24, 2.45) is 0 Å². The molecule has 0 radical (unpaired) electrons. The number of carbonyl (C=O) groups excluding carboxylic acids is 1. The molecule has 1 unspecified atom stereocenters. The minimum Gasteiger partial charge on any atom is -0.455 e. The molecule has 4 aromatic rings. The molecular weight excluding hydrogens is 566 g/mol. The molecular formula is C30H34FN2O6PS. The third kappa shape index (κ3) is 6.31. The fraction of sp³-hybridized carbons (Fsp3) is 0.300. The standard InChI is InChI=1S/C30H34FN2O6PS/c1-29(2,35)30(3,4)39-40-21-10-8-9-19(15-21)22-16-23-25(17-24(22)33(6)41(7,36)37)38-27(26(23)28(34)32-5)18-11-13-20(31)14-12-18/h8-17,35,40H,1-7H3,(H,32,34). The van der Waals surface area contributed by atoms with E-state index < -0.39 is 32.9 Å². The fourth-order valence-corrected chi connectivity index (χ4v) is 5.53. The van der Waals surface area contributed by atoms with E-state index in [4.69, 9.17) is 8.94 Å². The lowest BCUT2D eigenvalue weighted by Gasteiger charge is -2.36. The predicted molar refractivity (Wildman–Crippen MR) is 163 cm³/mol. The SMILES string of the molecule is CNC(=O)c1c(-c2ccc(F)cc2)oc2cc(N(C)S(C)(=O)=O)c(-c3cccc(POC(C)(C)C(C)(C)O)c3)cc12. The number of sulfonamides is 1. The first-order valence-electron chi connectivity index (χ1n) is 12.8. The van der Waals surface area contributed by atoms with Crippen LogP contribution in [0.25, 0.3) is 33.4 Å². The topological polar surface area (TPSA) is 109 Å². The molecule has 0 aliphatic rings. The molecule has 4 rings (SSSR count). The minimum absolute atomic E-state index is 0.0950. The van der Waals surface area contributed by atoms with Gasteiger partial charge in [0.1, 0.15) is 17.2 Å². The molecule has 218 valence electrons. The Hall–Kier alpha value is -3.30.